The van der Waals surface area contributed by atoms with Gasteiger partial charge in [0.25, 0.3) is 0 Å². The number of fused-ring (bicyclic) bond motifs is 1. The van der Waals surface area contributed by atoms with Crippen molar-refractivity contribution in [3.8, 4) is 11.3 Å². The summed E-state index contributed by atoms with van der Waals surface area (Å²) in [6.07, 6.45) is 1.84. The fourth-order valence-electron chi connectivity index (χ4n) is 3.17. The highest BCUT2D eigenvalue weighted by Gasteiger charge is 2.20. The van der Waals surface area contributed by atoms with Crippen LogP contribution in [0.2, 0.25) is 0 Å². The molecule has 4 aromatic rings. The number of pyridine rings is 1. The second kappa shape index (κ2) is 6.33. The number of benzene rings is 3. The number of aromatic nitrogens is 1. The third-order valence-corrected chi connectivity index (χ3v) is 4.46. The third kappa shape index (κ3) is 2.72. The molecule has 0 saturated heterocycles. The maximum absolute atomic E-state index is 13.4. The monoisotopic (exact) mass is 323 g/mol. The van der Waals surface area contributed by atoms with Gasteiger partial charge in [-0.1, -0.05) is 78.9 Å². The highest BCUT2D eigenvalue weighted by atomic mass is 16.1. The molecular weight excluding hydrogens is 306 g/mol. The molecule has 0 atom stereocenters. The average molecular weight is 323 g/mol. The lowest BCUT2D eigenvalue weighted by Crippen LogP contribution is -2.08. The standard InChI is InChI=1S/C23H17NO/c1-16-9-5-7-13-19(16)23(25)21-20-14-8-6-12-18(20)15-24-22(21)17-10-3-2-4-11-17/h2-15H,1H3. The normalized spacial score (nSPS) is 10.8. The van der Waals surface area contributed by atoms with E-state index in [9.17, 15) is 4.79 Å². The highest BCUT2D eigenvalue weighted by molar-refractivity contribution is 6.20. The molecule has 120 valence electrons. The number of hydrogen-bond donors (Lipinski definition) is 0. The Morgan fingerprint density at radius 1 is 0.800 bits per heavy atom. The summed E-state index contributed by atoms with van der Waals surface area (Å²) in [7, 11) is 0. The molecule has 0 saturated carbocycles. The Labute approximate surface area is 146 Å². The van der Waals surface area contributed by atoms with Crippen LogP contribution in [0.25, 0.3) is 22.0 Å². The maximum Gasteiger partial charge on any atom is 0.196 e. The van der Waals surface area contributed by atoms with Gasteiger partial charge in [0.05, 0.1) is 11.3 Å². The minimum absolute atomic E-state index is 0.0150. The summed E-state index contributed by atoms with van der Waals surface area (Å²) < 4.78 is 0. The van der Waals surface area contributed by atoms with E-state index in [0.717, 1.165) is 33.2 Å². The van der Waals surface area contributed by atoms with Crippen LogP contribution in [-0.2, 0) is 0 Å². The Kier molecular flexibility index (Phi) is 3.87. The van der Waals surface area contributed by atoms with E-state index >= 15 is 0 Å². The van der Waals surface area contributed by atoms with Crippen molar-refractivity contribution >= 4 is 16.6 Å². The molecule has 0 radical (unpaired) electrons. The molecule has 0 bridgehead atoms. The average Bonchev–Trinajstić information content (AvgIpc) is 2.67. The van der Waals surface area contributed by atoms with Crippen LogP contribution in [0.5, 0.6) is 0 Å². The van der Waals surface area contributed by atoms with Gasteiger partial charge in [0.1, 0.15) is 0 Å². The van der Waals surface area contributed by atoms with E-state index in [-0.39, 0.29) is 5.78 Å². The smallest absolute Gasteiger partial charge is 0.196 e. The number of carbonyl (C=O) groups excluding carboxylic acids is 1. The van der Waals surface area contributed by atoms with E-state index in [0.29, 0.717) is 5.56 Å². The number of ketones is 1. The first kappa shape index (κ1) is 15.3. The van der Waals surface area contributed by atoms with Crippen molar-refractivity contribution in [2.45, 2.75) is 6.92 Å². The second-order valence-corrected chi connectivity index (χ2v) is 6.08. The van der Waals surface area contributed by atoms with E-state index in [1.807, 2.05) is 92.0 Å². The van der Waals surface area contributed by atoms with Crippen molar-refractivity contribution in [2.24, 2.45) is 0 Å². The third-order valence-electron chi connectivity index (χ3n) is 4.46. The molecule has 4 rings (SSSR count). The van der Waals surface area contributed by atoms with E-state index in [1.54, 1.807) is 0 Å². The van der Waals surface area contributed by atoms with E-state index in [2.05, 4.69) is 4.98 Å². The van der Waals surface area contributed by atoms with Gasteiger partial charge in [0, 0.05) is 22.7 Å². The van der Waals surface area contributed by atoms with Crippen LogP contribution in [0.15, 0.2) is 85.1 Å². The zero-order chi connectivity index (χ0) is 17.2. The molecule has 2 heteroatoms. The lowest BCUT2D eigenvalue weighted by atomic mass is 9.92. The van der Waals surface area contributed by atoms with Gasteiger partial charge in [0.15, 0.2) is 5.78 Å². The minimum Gasteiger partial charge on any atom is -0.288 e. The first-order valence-corrected chi connectivity index (χ1v) is 8.29. The molecular formula is C23H17NO. The van der Waals surface area contributed by atoms with Crippen LogP contribution < -0.4 is 0 Å². The van der Waals surface area contributed by atoms with Crippen molar-refractivity contribution in [1.82, 2.24) is 4.98 Å². The first-order chi connectivity index (χ1) is 12.3. The molecule has 3 aromatic carbocycles. The zero-order valence-electron chi connectivity index (χ0n) is 13.9. The van der Waals surface area contributed by atoms with Crippen LogP contribution >= 0.6 is 0 Å². The molecule has 0 unspecified atom stereocenters. The second-order valence-electron chi connectivity index (χ2n) is 6.08. The van der Waals surface area contributed by atoms with E-state index in [1.165, 1.54) is 0 Å². The Hall–Kier alpha value is -3.26. The maximum atomic E-state index is 13.4. The SMILES string of the molecule is Cc1ccccc1C(=O)c1c(-c2ccccc2)ncc2ccccc12. The summed E-state index contributed by atoms with van der Waals surface area (Å²) in [6.45, 7) is 1.97. The summed E-state index contributed by atoms with van der Waals surface area (Å²) in [5, 5.41) is 1.91. The van der Waals surface area contributed by atoms with Crippen LogP contribution in [-0.4, -0.2) is 10.8 Å². The molecule has 2 nitrogen and oxygen atoms in total. The molecule has 0 aliphatic rings. The van der Waals surface area contributed by atoms with Gasteiger partial charge in [-0.2, -0.15) is 0 Å². The van der Waals surface area contributed by atoms with Crippen LogP contribution in [0.1, 0.15) is 21.5 Å². The number of carbonyl (C=O) groups is 1. The predicted octanol–water partition coefficient (Wildman–Crippen LogP) is 5.44. The van der Waals surface area contributed by atoms with Gasteiger partial charge >= 0.3 is 0 Å². The van der Waals surface area contributed by atoms with Crippen molar-refractivity contribution in [1.29, 1.82) is 0 Å². The molecule has 0 N–H and O–H groups in total. The van der Waals surface area contributed by atoms with Gasteiger partial charge < -0.3 is 0 Å². The van der Waals surface area contributed by atoms with Gasteiger partial charge in [-0.15, -0.1) is 0 Å². The van der Waals surface area contributed by atoms with Crippen LogP contribution in [0.4, 0.5) is 0 Å². The topological polar surface area (TPSA) is 30.0 Å². The molecule has 1 aromatic heterocycles. The van der Waals surface area contributed by atoms with E-state index in [4.69, 9.17) is 0 Å². The number of rotatable bonds is 3. The number of nitrogens with zero attached hydrogens (tertiary/aromatic N) is 1. The van der Waals surface area contributed by atoms with Gasteiger partial charge in [-0.25, -0.2) is 0 Å². The van der Waals surface area contributed by atoms with Crippen molar-refractivity contribution in [3.63, 3.8) is 0 Å². The number of hydrogen-bond acceptors (Lipinski definition) is 2. The molecule has 0 amide bonds. The first-order valence-electron chi connectivity index (χ1n) is 8.29. The molecule has 0 spiro atoms. The Morgan fingerprint density at radius 3 is 2.28 bits per heavy atom. The lowest BCUT2D eigenvalue weighted by molar-refractivity contribution is 0.104. The Bertz CT molecular complexity index is 1070. The van der Waals surface area contributed by atoms with Gasteiger partial charge in [0.2, 0.25) is 0 Å². The van der Waals surface area contributed by atoms with Crippen LogP contribution in [0, 0.1) is 6.92 Å². The summed E-state index contributed by atoms with van der Waals surface area (Å²) in [5.74, 6) is 0.0150. The Morgan fingerprint density at radius 2 is 1.48 bits per heavy atom. The summed E-state index contributed by atoms with van der Waals surface area (Å²) >= 11 is 0. The van der Waals surface area contributed by atoms with Crippen molar-refractivity contribution < 1.29 is 4.79 Å². The quantitative estimate of drug-likeness (QED) is 0.470. The zero-order valence-corrected chi connectivity index (χ0v) is 13.9. The molecule has 0 aliphatic heterocycles. The van der Waals surface area contributed by atoms with Crippen LogP contribution in [0.3, 0.4) is 0 Å². The highest BCUT2D eigenvalue weighted by Crippen LogP contribution is 2.30. The van der Waals surface area contributed by atoms with Crippen molar-refractivity contribution in [3.05, 3.63) is 102 Å². The summed E-state index contributed by atoms with van der Waals surface area (Å²) in [6, 6.07) is 25.5. The summed E-state index contributed by atoms with van der Waals surface area (Å²) in [4.78, 5) is 18.1. The molecule has 0 fully saturated rings. The molecule has 25 heavy (non-hydrogen) atoms. The predicted molar refractivity (Wildman–Crippen MR) is 102 cm³/mol. The fraction of sp³-hybridized carbons (Fsp3) is 0.0435. The largest absolute Gasteiger partial charge is 0.288 e. The van der Waals surface area contributed by atoms with E-state index < -0.39 is 0 Å². The molecule has 0 aliphatic carbocycles. The lowest BCUT2D eigenvalue weighted by Gasteiger charge is -2.13. The fourth-order valence-corrected chi connectivity index (χ4v) is 3.17. The molecule has 1 heterocycles. The van der Waals surface area contributed by atoms with Crippen molar-refractivity contribution in [2.75, 3.05) is 0 Å². The summed E-state index contributed by atoms with van der Waals surface area (Å²) in [5.41, 5.74) is 4.04. The minimum atomic E-state index is 0.0150. The van der Waals surface area contributed by atoms with Gasteiger partial charge in [-0.05, 0) is 17.9 Å². The number of aryl methyl sites for hydroxylation is 1. The van der Waals surface area contributed by atoms with Gasteiger partial charge in [-0.3, -0.25) is 9.78 Å². The Balaban J connectivity index is 2.03.